The van der Waals surface area contributed by atoms with Crippen molar-refractivity contribution in [1.82, 2.24) is 5.32 Å². The maximum absolute atomic E-state index is 8.00. The second kappa shape index (κ2) is 3.88. The highest BCUT2D eigenvalue weighted by molar-refractivity contribution is 5.29. The maximum atomic E-state index is 8.00. The first-order chi connectivity index (χ1) is 5.47. The van der Waals surface area contributed by atoms with Crippen molar-refractivity contribution >= 4 is 6.79 Å². The SMILES string of the molecule is C=O.c1ccc2c(c1)CNC2. The largest absolute Gasteiger partial charge is 0.309 e. The van der Waals surface area contributed by atoms with Crippen LogP contribution < -0.4 is 5.32 Å². The van der Waals surface area contributed by atoms with Gasteiger partial charge in [-0.1, -0.05) is 24.3 Å². The fourth-order valence-corrected chi connectivity index (χ4v) is 1.23. The van der Waals surface area contributed by atoms with E-state index in [0.29, 0.717) is 0 Å². The fourth-order valence-electron chi connectivity index (χ4n) is 1.23. The Balaban J connectivity index is 0.000000281. The van der Waals surface area contributed by atoms with Gasteiger partial charge in [0.15, 0.2) is 0 Å². The van der Waals surface area contributed by atoms with E-state index in [1.807, 2.05) is 6.79 Å². The number of hydrogen-bond donors (Lipinski definition) is 1. The Morgan fingerprint density at radius 3 is 2.00 bits per heavy atom. The van der Waals surface area contributed by atoms with Crippen molar-refractivity contribution in [2.75, 3.05) is 0 Å². The molecule has 2 nitrogen and oxygen atoms in total. The van der Waals surface area contributed by atoms with Gasteiger partial charge >= 0.3 is 0 Å². The van der Waals surface area contributed by atoms with Gasteiger partial charge in [-0.05, 0) is 11.1 Å². The van der Waals surface area contributed by atoms with Crippen LogP contribution in [0, 0.1) is 0 Å². The fraction of sp³-hybridized carbons (Fsp3) is 0.222. The highest BCUT2D eigenvalue weighted by Gasteiger charge is 2.06. The maximum Gasteiger partial charge on any atom is 0.106 e. The molecule has 0 bridgehead atoms. The summed E-state index contributed by atoms with van der Waals surface area (Å²) in [6.07, 6.45) is 0. The van der Waals surface area contributed by atoms with Crippen LogP contribution in [-0.2, 0) is 17.9 Å². The Morgan fingerprint density at radius 2 is 1.55 bits per heavy atom. The third-order valence-corrected chi connectivity index (χ3v) is 1.75. The number of carbonyl (C=O) groups is 1. The topological polar surface area (TPSA) is 29.1 Å². The number of hydrogen-bond acceptors (Lipinski definition) is 2. The molecule has 1 aromatic rings. The van der Waals surface area contributed by atoms with Crippen molar-refractivity contribution in [1.29, 1.82) is 0 Å². The zero-order valence-corrected chi connectivity index (χ0v) is 6.34. The standard InChI is InChI=1S/C8H9N.CH2O/c1-2-4-8-6-9-5-7(8)3-1;1-2/h1-4,9H,5-6H2;1H2. The van der Waals surface area contributed by atoms with Gasteiger partial charge < -0.3 is 10.1 Å². The molecule has 0 aromatic heterocycles. The summed E-state index contributed by atoms with van der Waals surface area (Å²) >= 11 is 0. The second-order valence-corrected chi connectivity index (χ2v) is 2.37. The molecule has 0 unspecified atom stereocenters. The summed E-state index contributed by atoms with van der Waals surface area (Å²) in [4.78, 5) is 8.00. The Morgan fingerprint density at radius 1 is 1.09 bits per heavy atom. The molecule has 0 spiro atoms. The Labute approximate surface area is 66.2 Å². The van der Waals surface area contributed by atoms with Crippen LogP contribution in [0.3, 0.4) is 0 Å². The molecule has 0 amide bonds. The lowest BCUT2D eigenvalue weighted by molar-refractivity contribution is -0.0979. The minimum atomic E-state index is 1.05. The lowest BCUT2D eigenvalue weighted by Crippen LogP contribution is -1.99. The number of rotatable bonds is 0. The highest BCUT2D eigenvalue weighted by Crippen LogP contribution is 2.12. The summed E-state index contributed by atoms with van der Waals surface area (Å²) < 4.78 is 0. The summed E-state index contributed by atoms with van der Waals surface area (Å²) in [7, 11) is 0. The number of carbonyl (C=O) groups excluding carboxylic acids is 1. The van der Waals surface area contributed by atoms with E-state index in [-0.39, 0.29) is 0 Å². The van der Waals surface area contributed by atoms with E-state index in [1.165, 1.54) is 11.1 Å². The minimum absolute atomic E-state index is 1.05. The molecular weight excluding hydrogens is 138 g/mol. The first-order valence-electron chi connectivity index (χ1n) is 3.53. The highest BCUT2D eigenvalue weighted by atomic mass is 16.1. The molecular formula is C9H11NO. The number of benzene rings is 1. The van der Waals surface area contributed by atoms with Crippen molar-refractivity contribution in [2.45, 2.75) is 13.1 Å². The van der Waals surface area contributed by atoms with Crippen LogP contribution in [0.15, 0.2) is 24.3 Å². The third kappa shape index (κ3) is 1.65. The van der Waals surface area contributed by atoms with E-state index < -0.39 is 0 Å². The molecule has 1 aliphatic rings. The van der Waals surface area contributed by atoms with Gasteiger partial charge in [-0.3, -0.25) is 0 Å². The predicted octanol–water partition coefficient (Wildman–Crippen LogP) is 1.10. The van der Waals surface area contributed by atoms with Crippen molar-refractivity contribution in [3.05, 3.63) is 35.4 Å². The zero-order chi connectivity index (χ0) is 8.10. The normalized spacial score (nSPS) is 13.1. The molecule has 2 heteroatoms. The first kappa shape index (κ1) is 7.95. The monoisotopic (exact) mass is 149 g/mol. The molecule has 1 aliphatic heterocycles. The summed E-state index contributed by atoms with van der Waals surface area (Å²) in [6.45, 7) is 4.10. The van der Waals surface area contributed by atoms with Crippen LogP contribution in [0.2, 0.25) is 0 Å². The molecule has 0 fully saturated rings. The van der Waals surface area contributed by atoms with Crippen LogP contribution in [0.5, 0.6) is 0 Å². The quantitative estimate of drug-likeness (QED) is 0.598. The van der Waals surface area contributed by atoms with Crippen molar-refractivity contribution in [3.8, 4) is 0 Å². The molecule has 0 radical (unpaired) electrons. The average molecular weight is 149 g/mol. The van der Waals surface area contributed by atoms with Gasteiger partial charge in [-0.15, -0.1) is 0 Å². The average Bonchev–Trinajstić information content (AvgIpc) is 2.55. The van der Waals surface area contributed by atoms with Gasteiger partial charge in [0.05, 0.1) is 0 Å². The predicted molar refractivity (Wildman–Crippen MR) is 44.1 cm³/mol. The minimum Gasteiger partial charge on any atom is -0.309 e. The molecule has 0 saturated heterocycles. The molecule has 1 heterocycles. The molecule has 58 valence electrons. The van der Waals surface area contributed by atoms with E-state index >= 15 is 0 Å². The first-order valence-corrected chi connectivity index (χ1v) is 3.53. The van der Waals surface area contributed by atoms with Crippen molar-refractivity contribution < 1.29 is 4.79 Å². The van der Waals surface area contributed by atoms with E-state index in [2.05, 4.69) is 29.6 Å². The number of fused-ring (bicyclic) bond motifs is 1. The molecule has 1 aromatic carbocycles. The Kier molecular flexibility index (Phi) is 2.81. The smallest absolute Gasteiger partial charge is 0.106 e. The van der Waals surface area contributed by atoms with Crippen LogP contribution in [0.4, 0.5) is 0 Å². The summed E-state index contributed by atoms with van der Waals surface area (Å²) in [5.74, 6) is 0. The van der Waals surface area contributed by atoms with Gasteiger partial charge in [0, 0.05) is 13.1 Å². The summed E-state index contributed by atoms with van der Waals surface area (Å²) in [6, 6.07) is 8.53. The van der Waals surface area contributed by atoms with Crippen LogP contribution in [0.25, 0.3) is 0 Å². The van der Waals surface area contributed by atoms with Gasteiger partial charge in [-0.25, -0.2) is 0 Å². The number of nitrogens with one attached hydrogen (secondary N) is 1. The van der Waals surface area contributed by atoms with Gasteiger partial charge in [0.2, 0.25) is 0 Å². The van der Waals surface area contributed by atoms with Gasteiger partial charge in [-0.2, -0.15) is 0 Å². The van der Waals surface area contributed by atoms with Crippen LogP contribution in [-0.4, -0.2) is 6.79 Å². The second-order valence-electron chi connectivity index (χ2n) is 2.37. The lowest BCUT2D eigenvalue weighted by Gasteiger charge is -1.91. The molecule has 11 heavy (non-hydrogen) atoms. The van der Waals surface area contributed by atoms with E-state index in [0.717, 1.165) is 13.1 Å². The van der Waals surface area contributed by atoms with Crippen molar-refractivity contribution in [3.63, 3.8) is 0 Å². The lowest BCUT2D eigenvalue weighted by atomic mass is 10.1. The van der Waals surface area contributed by atoms with Crippen LogP contribution in [0.1, 0.15) is 11.1 Å². The summed E-state index contributed by atoms with van der Waals surface area (Å²) in [5, 5.41) is 3.29. The molecule has 2 rings (SSSR count). The molecule has 0 atom stereocenters. The van der Waals surface area contributed by atoms with Gasteiger partial charge in [0.25, 0.3) is 0 Å². The summed E-state index contributed by atoms with van der Waals surface area (Å²) in [5.41, 5.74) is 2.91. The Hall–Kier alpha value is -1.15. The molecule has 1 N–H and O–H groups in total. The molecule has 0 aliphatic carbocycles. The van der Waals surface area contributed by atoms with Gasteiger partial charge in [0.1, 0.15) is 6.79 Å². The van der Waals surface area contributed by atoms with Crippen molar-refractivity contribution in [2.24, 2.45) is 0 Å². The van der Waals surface area contributed by atoms with E-state index in [9.17, 15) is 0 Å². The Bertz CT molecular complexity index is 212. The van der Waals surface area contributed by atoms with E-state index in [1.54, 1.807) is 0 Å². The zero-order valence-electron chi connectivity index (χ0n) is 6.34. The van der Waals surface area contributed by atoms with Crippen LogP contribution >= 0.6 is 0 Å². The third-order valence-electron chi connectivity index (χ3n) is 1.75. The van der Waals surface area contributed by atoms with E-state index in [4.69, 9.17) is 4.79 Å². The molecule has 0 saturated carbocycles.